The van der Waals surface area contributed by atoms with E-state index in [2.05, 4.69) is 214 Å². The molecule has 56 heavy (non-hydrogen) atoms. The van der Waals surface area contributed by atoms with E-state index in [1.807, 2.05) is 0 Å². The average Bonchev–Trinajstić information content (AvgIpc) is 3.80. The van der Waals surface area contributed by atoms with Crippen LogP contribution in [-0.4, -0.2) is 13.7 Å². The van der Waals surface area contributed by atoms with Gasteiger partial charge in [0.2, 0.25) is 0 Å². The molecule has 8 bridgehead atoms. The van der Waals surface area contributed by atoms with Gasteiger partial charge in [-0.2, -0.15) is 0 Å². The fourth-order valence-corrected chi connectivity index (χ4v) is 8.98. The van der Waals surface area contributed by atoms with Crippen LogP contribution >= 0.6 is 0 Å². The summed E-state index contributed by atoms with van der Waals surface area (Å²) in [7, 11) is 0. The van der Waals surface area contributed by atoms with Gasteiger partial charge in [-0.25, -0.2) is 0 Å². The van der Waals surface area contributed by atoms with Crippen LogP contribution in [0.5, 0.6) is 0 Å². The summed E-state index contributed by atoms with van der Waals surface area (Å²) in [5.74, 6) is 0. The number of hydrogen-bond donors (Lipinski definition) is 0. The fraction of sp³-hybridized carbons (Fsp3) is 0. The van der Waals surface area contributed by atoms with Crippen LogP contribution in [0.4, 0.5) is 0 Å². The minimum Gasteiger partial charge on any atom is -0.456 e. The van der Waals surface area contributed by atoms with Crippen molar-refractivity contribution in [2.45, 2.75) is 0 Å². The van der Waals surface area contributed by atoms with Crippen LogP contribution in [0.25, 0.3) is 104 Å². The predicted octanol–water partition coefficient (Wildman–Crippen LogP) is 14.0. The van der Waals surface area contributed by atoms with Crippen LogP contribution in [0, 0.1) is 0 Å². The SMILES string of the molecule is c1ccc(-n2c3cccc(c3)c3cccc(c3)n(-c3cccc4c3c3ccccc3n4-c3cccc4ccccc34)c3ccc4oc5ccc2cc5c4c3)cc1. The monoisotopic (exact) mass is 715 g/mol. The molecule has 12 rings (SSSR count). The molecule has 12 aromatic rings. The first kappa shape index (κ1) is 30.9. The third-order valence-electron chi connectivity index (χ3n) is 11.4. The van der Waals surface area contributed by atoms with Crippen molar-refractivity contribution in [2.24, 2.45) is 0 Å². The number of nitrogens with zero attached hydrogens (tertiary/aromatic N) is 3. The van der Waals surface area contributed by atoms with Gasteiger partial charge in [0, 0.05) is 54.7 Å². The molecule has 0 aliphatic rings. The second kappa shape index (κ2) is 12.0. The fourth-order valence-electron chi connectivity index (χ4n) is 8.98. The minimum absolute atomic E-state index is 0.862. The van der Waals surface area contributed by atoms with E-state index >= 15 is 0 Å². The quantitative estimate of drug-likeness (QED) is 0.179. The largest absolute Gasteiger partial charge is 0.456 e. The molecule has 0 N–H and O–H groups in total. The van der Waals surface area contributed by atoms with Crippen molar-refractivity contribution in [3.05, 3.63) is 200 Å². The molecule has 0 saturated heterocycles. The van der Waals surface area contributed by atoms with Gasteiger partial charge in [0.1, 0.15) is 11.2 Å². The molecule has 0 saturated carbocycles. The zero-order valence-electron chi connectivity index (χ0n) is 30.3. The number of benzene rings is 9. The standard InChI is InChI=1S/C52H33N3O/c1-2-16-37(17-3-1)53-38-18-8-14-35(30-38)36-15-9-19-39(31-36)54(41-27-29-51-45(33-41)44-32-40(53)26-28-50(44)56-51)48-24-11-25-49-52(48)43-21-6-7-22-47(43)55(49)46-23-10-13-34-12-4-5-20-42(34)46/h1-33H. The van der Waals surface area contributed by atoms with Gasteiger partial charge in [0.15, 0.2) is 0 Å². The Morgan fingerprint density at radius 2 is 0.839 bits per heavy atom. The van der Waals surface area contributed by atoms with Gasteiger partial charge in [-0.15, -0.1) is 0 Å². The molecule has 4 heteroatoms. The Kier molecular flexibility index (Phi) is 6.60. The lowest BCUT2D eigenvalue weighted by Gasteiger charge is -2.15. The lowest BCUT2D eigenvalue weighted by Crippen LogP contribution is -1.99. The number of para-hydroxylation sites is 2. The number of hydrogen-bond acceptors (Lipinski definition) is 1. The molecule has 3 aromatic heterocycles. The average molecular weight is 716 g/mol. The van der Waals surface area contributed by atoms with E-state index in [0.717, 1.165) is 71.7 Å². The predicted molar refractivity (Wildman–Crippen MR) is 234 cm³/mol. The molecule has 4 nitrogen and oxygen atoms in total. The molecule has 0 radical (unpaired) electrons. The molecule has 3 heterocycles. The zero-order chi connectivity index (χ0) is 36.7. The van der Waals surface area contributed by atoms with Crippen molar-refractivity contribution in [3.8, 4) is 17.1 Å². The van der Waals surface area contributed by atoms with E-state index in [-0.39, 0.29) is 0 Å². The van der Waals surface area contributed by atoms with Gasteiger partial charge in [0.05, 0.1) is 22.4 Å². The Morgan fingerprint density at radius 3 is 1.61 bits per heavy atom. The van der Waals surface area contributed by atoms with Crippen LogP contribution in [0.1, 0.15) is 0 Å². The highest BCUT2D eigenvalue weighted by Crippen LogP contribution is 2.39. The Labute approximate surface area is 321 Å². The molecule has 0 unspecified atom stereocenters. The summed E-state index contributed by atoms with van der Waals surface area (Å²) >= 11 is 0. The van der Waals surface area contributed by atoms with Crippen molar-refractivity contribution in [2.75, 3.05) is 0 Å². The Morgan fingerprint density at radius 1 is 0.304 bits per heavy atom. The van der Waals surface area contributed by atoms with Crippen molar-refractivity contribution in [1.82, 2.24) is 13.7 Å². The molecular formula is C52H33N3O. The molecule has 0 amide bonds. The van der Waals surface area contributed by atoms with Crippen LogP contribution in [-0.2, 0) is 0 Å². The number of aromatic nitrogens is 3. The lowest BCUT2D eigenvalue weighted by molar-refractivity contribution is 0.669. The summed E-state index contributed by atoms with van der Waals surface area (Å²) in [5, 5.41) is 9.28. The van der Waals surface area contributed by atoms with E-state index in [1.165, 1.54) is 32.7 Å². The first-order chi connectivity index (χ1) is 27.8. The van der Waals surface area contributed by atoms with Gasteiger partial charge >= 0.3 is 0 Å². The zero-order valence-corrected chi connectivity index (χ0v) is 30.3. The van der Waals surface area contributed by atoms with Crippen molar-refractivity contribution < 1.29 is 4.42 Å². The van der Waals surface area contributed by atoms with Crippen LogP contribution < -0.4 is 0 Å². The van der Waals surface area contributed by atoms with E-state index in [9.17, 15) is 0 Å². The summed E-state index contributed by atoms with van der Waals surface area (Å²) in [6, 6.07) is 72.4. The first-order valence-corrected chi connectivity index (χ1v) is 19.1. The summed E-state index contributed by atoms with van der Waals surface area (Å²) < 4.78 is 13.7. The van der Waals surface area contributed by atoms with E-state index in [0.29, 0.717) is 0 Å². The maximum atomic E-state index is 6.53. The van der Waals surface area contributed by atoms with E-state index < -0.39 is 0 Å². The Bertz CT molecular complexity index is 3590. The molecule has 9 aromatic carbocycles. The van der Waals surface area contributed by atoms with Gasteiger partial charge in [0.25, 0.3) is 0 Å². The first-order valence-electron chi connectivity index (χ1n) is 19.1. The van der Waals surface area contributed by atoms with Gasteiger partial charge in [-0.1, -0.05) is 103 Å². The Balaban J connectivity index is 1.26. The third kappa shape index (κ3) is 4.60. The summed E-state index contributed by atoms with van der Waals surface area (Å²) in [6.07, 6.45) is 0. The highest BCUT2D eigenvalue weighted by Gasteiger charge is 2.19. The summed E-state index contributed by atoms with van der Waals surface area (Å²) in [5.41, 5.74) is 11.7. The second-order valence-electron chi connectivity index (χ2n) is 14.6. The van der Waals surface area contributed by atoms with Crippen molar-refractivity contribution >= 4 is 87.4 Å². The van der Waals surface area contributed by atoms with E-state index in [1.54, 1.807) is 0 Å². The van der Waals surface area contributed by atoms with Gasteiger partial charge in [-0.3, -0.25) is 0 Å². The van der Waals surface area contributed by atoms with Crippen LogP contribution in [0.2, 0.25) is 0 Å². The normalized spacial score (nSPS) is 11.9. The highest BCUT2D eigenvalue weighted by molar-refractivity contribution is 6.15. The maximum Gasteiger partial charge on any atom is 0.135 e. The molecule has 262 valence electrons. The maximum absolute atomic E-state index is 6.53. The van der Waals surface area contributed by atoms with Gasteiger partial charge < -0.3 is 18.1 Å². The third-order valence-corrected chi connectivity index (χ3v) is 11.4. The molecular weight excluding hydrogens is 683 g/mol. The topological polar surface area (TPSA) is 27.9 Å². The van der Waals surface area contributed by atoms with Crippen LogP contribution in [0.15, 0.2) is 205 Å². The molecule has 0 atom stereocenters. The van der Waals surface area contributed by atoms with Crippen molar-refractivity contribution in [3.63, 3.8) is 0 Å². The smallest absolute Gasteiger partial charge is 0.135 e. The van der Waals surface area contributed by atoms with E-state index in [4.69, 9.17) is 4.42 Å². The number of rotatable bonds is 3. The minimum atomic E-state index is 0.862. The second-order valence-corrected chi connectivity index (χ2v) is 14.6. The molecule has 0 fully saturated rings. The van der Waals surface area contributed by atoms with Crippen LogP contribution in [0.3, 0.4) is 0 Å². The number of furan rings is 1. The Hall–Kier alpha value is -7.56. The summed E-state index contributed by atoms with van der Waals surface area (Å²) in [4.78, 5) is 0. The summed E-state index contributed by atoms with van der Waals surface area (Å²) in [6.45, 7) is 0. The highest BCUT2D eigenvalue weighted by atomic mass is 16.3. The lowest BCUT2D eigenvalue weighted by atomic mass is 10.1. The molecule has 0 aliphatic heterocycles. The number of fused-ring (bicyclic) bond motifs is 11. The van der Waals surface area contributed by atoms with Crippen molar-refractivity contribution in [1.29, 1.82) is 0 Å². The molecule has 0 aliphatic carbocycles. The molecule has 0 spiro atoms. The van der Waals surface area contributed by atoms with Gasteiger partial charge in [-0.05, 0) is 113 Å².